The fourth-order valence-electron chi connectivity index (χ4n) is 2.97. The average molecular weight is 405 g/mol. The van der Waals surface area contributed by atoms with Crippen molar-refractivity contribution >= 4 is 29.2 Å². The number of terminal acetylenes is 1. The van der Waals surface area contributed by atoms with Crippen LogP contribution >= 0.6 is 23.2 Å². The van der Waals surface area contributed by atoms with E-state index in [2.05, 4.69) is 5.92 Å². The highest BCUT2D eigenvalue weighted by atomic mass is 35.5. The van der Waals surface area contributed by atoms with Crippen LogP contribution < -0.4 is 9.47 Å². The van der Waals surface area contributed by atoms with Crippen LogP contribution in [0.2, 0.25) is 10.0 Å². The number of benzene rings is 2. The first-order valence-electron chi connectivity index (χ1n) is 8.41. The quantitative estimate of drug-likeness (QED) is 0.495. The molecule has 2 unspecified atom stereocenters. The molecule has 27 heavy (non-hydrogen) atoms. The Morgan fingerprint density at radius 3 is 2.37 bits per heavy atom. The minimum absolute atomic E-state index is 0.00401. The zero-order chi connectivity index (χ0) is 19.6. The maximum absolute atomic E-state index is 12.9. The third-order valence-electron chi connectivity index (χ3n) is 4.31. The first kappa shape index (κ1) is 19.4. The van der Waals surface area contributed by atoms with Gasteiger partial charge in [-0.3, -0.25) is 4.79 Å². The van der Waals surface area contributed by atoms with Crippen molar-refractivity contribution in [3.05, 3.63) is 57.6 Å². The number of hydrogen-bond donors (Lipinski definition) is 0. The fraction of sp³-hybridized carbons (Fsp3) is 0.286. The summed E-state index contributed by atoms with van der Waals surface area (Å²) in [6.45, 7) is 4.00. The molecular formula is C21H18Cl2O4. The number of ether oxygens (including phenoxy) is 3. The van der Waals surface area contributed by atoms with Gasteiger partial charge in [0.2, 0.25) is 6.79 Å². The van der Waals surface area contributed by atoms with E-state index in [1.807, 2.05) is 26.0 Å². The topological polar surface area (TPSA) is 44.8 Å². The predicted octanol–water partition coefficient (Wildman–Crippen LogP) is 5.38. The lowest BCUT2D eigenvalue weighted by molar-refractivity contribution is -0.149. The lowest BCUT2D eigenvalue weighted by atomic mass is 9.88. The summed E-state index contributed by atoms with van der Waals surface area (Å²) < 4.78 is 16.3. The van der Waals surface area contributed by atoms with E-state index in [0.29, 0.717) is 27.1 Å². The van der Waals surface area contributed by atoms with Crippen LogP contribution in [-0.2, 0) is 9.53 Å². The van der Waals surface area contributed by atoms with Gasteiger partial charge in [-0.1, -0.05) is 55.1 Å². The van der Waals surface area contributed by atoms with E-state index in [4.69, 9.17) is 43.8 Å². The van der Waals surface area contributed by atoms with Gasteiger partial charge in [0.05, 0.1) is 10.9 Å². The largest absolute Gasteiger partial charge is 0.454 e. The highest BCUT2D eigenvalue weighted by molar-refractivity contribution is 6.31. The Bertz CT molecular complexity index is 884. The van der Waals surface area contributed by atoms with E-state index in [9.17, 15) is 4.79 Å². The van der Waals surface area contributed by atoms with Crippen LogP contribution in [0.3, 0.4) is 0 Å². The van der Waals surface area contributed by atoms with Gasteiger partial charge in [-0.15, -0.1) is 6.42 Å². The Balaban J connectivity index is 1.86. The van der Waals surface area contributed by atoms with Gasteiger partial charge in [0.25, 0.3) is 0 Å². The predicted molar refractivity (Wildman–Crippen MR) is 104 cm³/mol. The highest BCUT2D eigenvalue weighted by Crippen LogP contribution is 2.40. The van der Waals surface area contributed by atoms with Gasteiger partial charge in [0.15, 0.2) is 17.6 Å². The lowest BCUT2D eigenvalue weighted by Gasteiger charge is -2.23. The normalized spacial score (nSPS) is 14.5. The van der Waals surface area contributed by atoms with E-state index >= 15 is 0 Å². The van der Waals surface area contributed by atoms with Gasteiger partial charge >= 0.3 is 5.97 Å². The van der Waals surface area contributed by atoms with E-state index in [1.54, 1.807) is 24.3 Å². The molecule has 4 nitrogen and oxygen atoms in total. The number of carbonyl (C=O) groups excluding carboxylic acids is 1. The number of rotatable bonds is 5. The van der Waals surface area contributed by atoms with Crippen LogP contribution in [0.15, 0.2) is 36.4 Å². The molecule has 3 rings (SSSR count). The van der Waals surface area contributed by atoms with E-state index in [0.717, 1.165) is 5.56 Å². The third-order valence-corrected chi connectivity index (χ3v) is 4.89. The van der Waals surface area contributed by atoms with Crippen molar-refractivity contribution in [3.8, 4) is 23.8 Å². The van der Waals surface area contributed by atoms with Crippen molar-refractivity contribution in [2.24, 2.45) is 5.92 Å². The molecule has 6 heteroatoms. The van der Waals surface area contributed by atoms with Crippen LogP contribution in [0.5, 0.6) is 11.5 Å². The van der Waals surface area contributed by atoms with Crippen molar-refractivity contribution in [2.75, 3.05) is 6.79 Å². The Hall–Kier alpha value is -2.35. The van der Waals surface area contributed by atoms with Gasteiger partial charge in [-0.25, -0.2) is 0 Å². The van der Waals surface area contributed by atoms with Crippen LogP contribution in [0.4, 0.5) is 0 Å². The Morgan fingerprint density at radius 2 is 1.78 bits per heavy atom. The van der Waals surface area contributed by atoms with Crippen LogP contribution in [0.25, 0.3) is 0 Å². The molecule has 0 spiro atoms. The number of hydrogen-bond acceptors (Lipinski definition) is 4. The zero-order valence-corrected chi connectivity index (χ0v) is 16.4. The molecule has 0 saturated carbocycles. The van der Waals surface area contributed by atoms with Crippen molar-refractivity contribution < 1.29 is 19.0 Å². The number of halogens is 2. The maximum Gasteiger partial charge on any atom is 0.315 e. The number of esters is 1. The summed E-state index contributed by atoms with van der Waals surface area (Å²) in [6.07, 6.45) is 4.69. The van der Waals surface area contributed by atoms with Gasteiger partial charge in [-0.05, 0) is 29.7 Å². The summed E-state index contributed by atoms with van der Waals surface area (Å²) in [4.78, 5) is 12.9. The molecule has 0 aliphatic carbocycles. The summed E-state index contributed by atoms with van der Waals surface area (Å²) in [5, 5.41) is 0.950. The van der Waals surface area contributed by atoms with Crippen LogP contribution in [-0.4, -0.2) is 12.8 Å². The SMILES string of the molecule is C#CC(OC(=O)C(c1ccc(Cl)cc1)C(C)C)c1cc2c(cc1Cl)OCO2. The maximum atomic E-state index is 12.9. The molecule has 0 radical (unpaired) electrons. The molecule has 0 N–H and O–H groups in total. The smallest absolute Gasteiger partial charge is 0.315 e. The second-order valence-electron chi connectivity index (χ2n) is 6.48. The second kappa shape index (κ2) is 8.12. The van der Waals surface area contributed by atoms with Gasteiger partial charge < -0.3 is 14.2 Å². The van der Waals surface area contributed by atoms with Crippen LogP contribution in [0, 0.1) is 18.3 Å². The Morgan fingerprint density at radius 1 is 1.15 bits per heavy atom. The summed E-state index contributed by atoms with van der Waals surface area (Å²) in [5.41, 5.74) is 1.29. The number of fused-ring (bicyclic) bond motifs is 1. The molecule has 1 aliphatic heterocycles. The van der Waals surface area contributed by atoms with E-state index in [-0.39, 0.29) is 12.7 Å². The lowest BCUT2D eigenvalue weighted by Crippen LogP contribution is -2.22. The minimum atomic E-state index is -0.937. The molecule has 0 bridgehead atoms. The molecule has 2 aromatic carbocycles. The van der Waals surface area contributed by atoms with Gasteiger partial charge in [0, 0.05) is 16.7 Å². The van der Waals surface area contributed by atoms with Crippen molar-refractivity contribution in [1.82, 2.24) is 0 Å². The molecule has 140 valence electrons. The molecule has 0 saturated heterocycles. The average Bonchev–Trinajstić information content (AvgIpc) is 3.08. The molecule has 2 atom stereocenters. The van der Waals surface area contributed by atoms with Crippen LogP contribution in [0.1, 0.15) is 37.0 Å². The van der Waals surface area contributed by atoms with Gasteiger partial charge in [0.1, 0.15) is 0 Å². The second-order valence-corrected chi connectivity index (χ2v) is 7.33. The molecule has 1 heterocycles. The Kier molecular flexibility index (Phi) is 5.84. The molecule has 1 aliphatic rings. The monoisotopic (exact) mass is 404 g/mol. The number of carbonyl (C=O) groups is 1. The van der Waals surface area contributed by atoms with E-state index < -0.39 is 18.0 Å². The molecule has 0 amide bonds. The first-order chi connectivity index (χ1) is 12.9. The molecule has 0 aromatic heterocycles. The summed E-state index contributed by atoms with van der Waals surface area (Å²) >= 11 is 12.3. The fourth-order valence-corrected chi connectivity index (χ4v) is 3.35. The van der Waals surface area contributed by atoms with Gasteiger partial charge in [-0.2, -0.15) is 0 Å². The van der Waals surface area contributed by atoms with Crippen molar-refractivity contribution in [3.63, 3.8) is 0 Å². The van der Waals surface area contributed by atoms with Crippen molar-refractivity contribution in [1.29, 1.82) is 0 Å². The zero-order valence-electron chi connectivity index (χ0n) is 14.9. The van der Waals surface area contributed by atoms with Crippen molar-refractivity contribution in [2.45, 2.75) is 25.9 Å². The molecule has 0 fully saturated rings. The summed E-state index contributed by atoms with van der Waals surface area (Å²) in [6, 6.07) is 10.4. The molecule has 2 aromatic rings. The summed E-state index contributed by atoms with van der Waals surface area (Å²) in [5.74, 6) is 2.64. The standard InChI is InChI=1S/C21H18Cl2O4/c1-4-17(15-9-18-19(10-16(15)23)26-11-25-18)27-21(24)20(12(2)3)13-5-7-14(22)8-6-13/h1,5-10,12,17,20H,11H2,2-3H3. The first-order valence-corrected chi connectivity index (χ1v) is 9.17. The third kappa shape index (κ3) is 4.16. The minimum Gasteiger partial charge on any atom is -0.454 e. The Labute approximate surface area is 168 Å². The highest BCUT2D eigenvalue weighted by Gasteiger charge is 2.30. The summed E-state index contributed by atoms with van der Waals surface area (Å²) in [7, 11) is 0. The molecular weight excluding hydrogens is 387 g/mol. The van der Waals surface area contributed by atoms with E-state index in [1.165, 1.54) is 0 Å².